The van der Waals surface area contributed by atoms with Crippen LogP contribution in [0.5, 0.6) is 0 Å². The third-order valence-corrected chi connectivity index (χ3v) is 2.26. The van der Waals surface area contributed by atoms with Crippen molar-refractivity contribution < 1.29 is 5.11 Å². The molecule has 0 aliphatic rings. The summed E-state index contributed by atoms with van der Waals surface area (Å²) >= 11 is 0. The van der Waals surface area contributed by atoms with Gasteiger partial charge in [-0.2, -0.15) is 0 Å². The van der Waals surface area contributed by atoms with Crippen molar-refractivity contribution in [1.29, 1.82) is 0 Å². The minimum Gasteiger partial charge on any atom is -0.396 e. The molecule has 0 saturated carbocycles. The fourth-order valence-corrected chi connectivity index (χ4v) is 1.42. The average Bonchev–Trinajstić information content (AvgIpc) is 2.10. The van der Waals surface area contributed by atoms with E-state index in [4.69, 9.17) is 5.11 Å². The Hall–Kier alpha value is 1.60. The van der Waals surface area contributed by atoms with Gasteiger partial charge in [0.25, 0.3) is 0 Å². The Balaban J connectivity index is 0. The van der Waals surface area contributed by atoms with Gasteiger partial charge >= 0.3 is 0 Å². The molecule has 0 aliphatic heterocycles. The molecular weight excluding hydrogens is 187 g/mol. The molecule has 0 rings (SSSR count). The zero-order valence-corrected chi connectivity index (χ0v) is 12.6. The van der Waals surface area contributed by atoms with E-state index in [1.807, 2.05) is 0 Å². The molecule has 0 unspecified atom stereocenters. The Kier molecular flexibility index (Phi) is 21.0. The molecule has 0 atom stereocenters. The molecule has 0 aromatic heterocycles. The molecule has 1 N–H and O–H groups in total. The van der Waals surface area contributed by atoms with Gasteiger partial charge in [0.1, 0.15) is 0 Å². The molecule has 0 fully saturated rings. The summed E-state index contributed by atoms with van der Waals surface area (Å²) in [5.41, 5.74) is 0. The van der Waals surface area contributed by atoms with Crippen LogP contribution in [0.3, 0.4) is 0 Å². The molecule has 1 radical (unpaired) electrons. The van der Waals surface area contributed by atoms with Crippen LogP contribution in [0.25, 0.3) is 0 Å². The van der Waals surface area contributed by atoms with Crippen LogP contribution < -0.4 is 0 Å². The molecule has 0 aromatic rings. The van der Waals surface area contributed by atoms with Crippen LogP contribution in [0.1, 0.15) is 64.7 Å². The normalized spacial score (nSPS) is 9.69. The molecule has 0 saturated heterocycles. The van der Waals surface area contributed by atoms with Gasteiger partial charge in [-0.3, -0.25) is 0 Å². The Morgan fingerprint density at radius 2 is 1.08 bits per heavy atom. The molecule has 0 aromatic carbocycles. The summed E-state index contributed by atoms with van der Waals surface area (Å²) in [6.07, 6.45) is 11.8. The maximum Gasteiger partial charge on any atom is 0.0431 e. The quantitative estimate of drug-likeness (QED) is 0.459. The number of hydrogen-bond acceptors (Lipinski definition) is 1. The molecule has 0 amide bonds. The fraction of sp³-hybridized carbons (Fsp3) is 1.00. The van der Waals surface area contributed by atoms with Crippen LogP contribution in [0, 0.1) is 0 Å². The van der Waals surface area contributed by atoms with E-state index in [0.29, 0.717) is 6.61 Å². The van der Waals surface area contributed by atoms with Gasteiger partial charge in [-0.15, -0.1) is 0 Å². The first kappa shape index (κ1) is 17.0. The van der Waals surface area contributed by atoms with E-state index in [2.05, 4.69) is 6.92 Å². The van der Waals surface area contributed by atoms with Crippen molar-refractivity contribution >= 4 is 51.4 Å². The minimum absolute atomic E-state index is 0. The molecule has 0 bridgehead atoms. The number of unbranched alkanes of at least 4 members (excludes halogenated alkanes) is 8. The smallest absolute Gasteiger partial charge is 0.0431 e. The van der Waals surface area contributed by atoms with Crippen molar-refractivity contribution in [1.82, 2.24) is 0 Å². The van der Waals surface area contributed by atoms with Gasteiger partial charge in [-0.25, -0.2) is 0 Å². The van der Waals surface area contributed by atoms with E-state index in [0.717, 1.165) is 6.42 Å². The summed E-state index contributed by atoms with van der Waals surface area (Å²) in [4.78, 5) is 0. The van der Waals surface area contributed by atoms with E-state index in [-0.39, 0.29) is 51.4 Å². The van der Waals surface area contributed by atoms with Gasteiger partial charge in [0.05, 0.1) is 0 Å². The Morgan fingerprint density at radius 3 is 1.46 bits per heavy atom. The SMILES string of the molecule is CCCCCCCCCCCO.[K]. The Labute approximate surface area is 126 Å². The van der Waals surface area contributed by atoms with E-state index in [9.17, 15) is 0 Å². The predicted molar refractivity (Wildman–Crippen MR) is 60.1 cm³/mol. The summed E-state index contributed by atoms with van der Waals surface area (Å²) in [5.74, 6) is 0. The van der Waals surface area contributed by atoms with Gasteiger partial charge < -0.3 is 5.11 Å². The van der Waals surface area contributed by atoms with Gasteiger partial charge in [-0.1, -0.05) is 58.3 Å². The van der Waals surface area contributed by atoms with E-state index in [1.165, 1.54) is 51.4 Å². The van der Waals surface area contributed by atoms with Gasteiger partial charge in [-0.05, 0) is 6.42 Å². The number of aliphatic hydroxyl groups excluding tert-OH is 1. The number of aliphatic hydroxyl groups is 1. The average molecular weight is 211 g/mol. The number of hydrogen-bond donors (Lipinski definition) is 1. The van der Waals surface area contributed by atoms with Crippen LogP contribution in [-0.4, -0.2) is 63.1 Å². The van der Waals surface area contributed by atoms with E-state index < -0.39 is 0 Å². The zero-order valence-electron chi connectivity index (χ0n) is 9.52. The zero-order chi connectivity index (χ0) is 9.07. The van der Waals surface area contributed by atoms with Crippen LogP contribution >= 0.6 is 0 Å². The fourth-order valence-electron chi connectivity index (χ4n) is 1.42. The standard InChI is InChI=1S/C11H24O.K/c1-2-3-4-5-6-7-8-9-10-11-12;/h12H,2-11H2,1H3;. The minimum atomic E-state index is 0. The summed E-state index contributed by atoms with van der Waals surface area (Å²) in [6.45, 7) is 2.62. The summed E-state index contributed by atoms with van der Waals surface area (Å²) < 4.78 is 0. The summed E-state index contributed by atoms with van der Waals surface area (Å²) in [5, 5.41) is 8.54. The van der Waals surface area contributed by atoms with Crippen LogP contribution in [-0.2, 0) is 0 Å². The second-order valence-electron chi connectivity index (χ2n) is 3.55. The third kappa shape index (κ3) is 16.3. The van der Waals surface area contributed by atoms with Gasteiger partial charge in [0.2, 0.25) is 0 Å². The molecule has 0 aliphatic carbocycles. The predicted octanol–water partition coefficient (Wildman–Crippen LogP) is 3.13. The third-order valence-electron chi connectivity index (χ3n) is 2.26. The molecule has 1 nitrogen and oxygen atoms in total. The summed E-state index contributed by atoms with van der Waals surface area (Å²) in [7, 11) is 0. The van der Waals surface area contributed by atoms with Crippen molar-refractivity contribution in [3.05, 3.63) is 0 Å². The topological polar surface area (TPSA) is 20.2 Å². The second kappa shape index (κ2) is 16.0. The first-order chi connectivity index (χ1) is 5.91. The Bertz CT molecular complexity index is 66.5. The van der Waals surface area contributed by atoms with Crippen LogP contribution in [0.4, 0.5) is 0 Å². The van der Waals surface area contributed by atoms with Crippen molar-refractivity contribution in [3.63, 3.8) is 0 Å². The van der Waals surface area contributed by atoms with Crippen LogP contribution in [0.2, 0.25) is 0 Å². The van der Waals surface area contributed by atoms with Gasteiger partial charge in [0.15, 0.2) is 0 Å². The van der Waals surface area contributed by atoms with Crippen molar-refractivity contribution in [2.45, 2.75) is 64.7 Å². The number of rotatable bonds is 9. The maximum atomic E-state index is 8.54. The molecule has 13 heavy (non-hydrogen) atoms. The first-order valence-electron chi connectivity index (χ1n) is 5.52. The first-order valence-corrected chi connectivity index (χ1v) is 5.52. The monoisotopic (exact) mass is 211 g/mol. The largest absolute Gasteiger partial charge is 0.396 e. The van der Waals surface area contributed by atoms with Crippen molar-refractivity contribution in [3.8, 4) is 0 Å². The summed E-state index contributed by atoms with van der Waals surface area (Å²) in [6, 6.07) is 0. The Morgan fingerprint density at radius 1 is 0.692 bits per heavy atom. The molecule has 0 heterocycles. The van der Waals surface area contributed by atoms with E-state index >= 15 is 0 Å². The molecule has 0 spiro atoms. The van der Waals surface area contributed by atoms with Crippen molar-refractivity contribution in [2.24, 2.45) is 0 Å². The molecule has 75 valence electrons. The van der Waals surface area contributed by atoms with Gasteiger partial charge in [0, 0.05) is 58.0 Å². The van der Waals surface area contributed by atoms with Crippen molar-refractivity contribution in [2.75, 3.05) is 6.61 Å². The van der Waals surface area contributed by atoms with Crippen LogP contribution in [0.15, 0.2) is 0 Å². The molecular formula is C11H24KO. The molecule has 2 heteroatoms. The second-order valence-corrected chi connectivity index (χ2v) is 3.55. The maximum absolute atomic E-state index is 8.54. The van der Waals surface area contributed by atoms with E-state index in [1.54, 1.807) is 0 Å².